The SMILES string of the molecule is CCc1cccc2sc(N(Cc3ccccn3)C(=O)Cc3ccc(S(=O)(=O)CC)cc3)nc12. The third-order valence-corrected chi connectivity index (χ3v) is 8.26. The molecule has 2 aromatic heterocycles. The third-order valence-electron chi connectivity index (χ3n) is 5.47. The molecule has 0 atom stereocenters. The van der Waals surface area contributed by atoms with E-state index in [-0.39, 0.29) is 23.0 Å². The number of rotatable bonds is 8. The van der Waals surface area contributed by atoms with Gasteiger partial charge < -0.3 is 0 Å². The molecule has 6 nitrogen and oxygen atoms in total. The molecule has 8 heteroatoms. The molecule has 1 amide bonds. The first kappa shape index (κ1) is 23.1. The molecule has 4 aromatic rings. The first-order chi connectivity index (χ1) is 15.9. The van der Waals surface area contributed by atoms with E-state index in [1.54, 1.807) is 42.3 Å². The molecule has 33 heavy (non-hydrogen) atoms. The predicted molar refractivity (Wildman–Crippen MR) is 132 cm³/mol. The van der Waals surface area contributed by atoms with Crippen LogP contribution in [0.25, 0.3) is 10.2 Å². The monoisotopic (exact) mass is 479 g/mol. The Morgan fingerprint density at radius 2 is 1.79 bits per heavy atom. The first-order valence-corrected chi connectivity index (χ1v) is 13.3. The van der Waals surface area contributed by atoms with Gasteiger partial charge in [-0.2, -0.15) is 0 Å². The summed E-state index contributed by atoms with van der Waals surface area (Å²) >= 11 is 1.49. The molecule has 0 aliphatic heterocycles. The second kappa shape index (κ2) is 9.80. The Balaban J connectivity index is 1.66. The van der Waals surface area contributed by atoms with Crippen molar-refractivity contribution in [3.63, 3.8) is 0 Å². The fraction of sp³-hybridized carbons (Fsp3) is 0.240. The number of hydrogen-bond acceptors (Lipinski definition) is 6. The molecule has 2 heterocycles. The van der Waals surface area contributed by atoms with Crippen LogP contribution in [-0.4, -0.2) is 30.0 Å². The summed E-state index contributed by atoms with van der Waals surface area (Å²) in [6.45, 7) is 4.01. The molecule has 0 saturated heterocycles. The van der Waals surface area contributed by atoms with E-state index in [4.69, 9.17) is 4.98 Å². The molecular weight excluding hydrogens is 454 g/mol. The minimum atomic E-state index is -3.28. The highest BCUT2D eigenvalue weighted by Crippen LogP contribution is 2.32. The number of hydrogen-bond donors (Lipinski definition) is 0. The molecule has 0 N–H and O–H groups in total. The average molecular weight is 480 g/mol. The number of aromatic nitrogens is 2. The Morgan fingerprint density at radius 3 is 2.45 bits per heavy atom. The number of carbonyl (C=O) groups is 1. The van der Waals surface area contributed by atoms with Crippen LogP contribution in [0.2, 0.25) is 0 Å². The largest absolute Gasteiger partial charge is 0.282 e. The topological polar surface area (TPSA) is 80.2 Å². The van der Waals surface area contributed by atoms with Crippen molar-refractivity contribution in [2.24, 2.45) is 0 Å². The van der Waals surface area contributed by atoms with Gasteiger partial charge in [0.2, 0.25) is 5.91 Å². The molecule has 0 radical (unpaired) electrons. The second-order valence-electron chi connectivity index (χ2n) is 7.64. The molecule has 0 unspecified atom stereocenters. The molecule has 2 aromatic carbocycles. The van der Waals surface area contributed by atoms with Gasteiger partial charge in [0.05, 0.1) is 39.5 Å². The van der Waals surface area contributed by atoms with Gasteiger partial charge in [0.1, 0.15) is 0 Å². The van der Waals surface area contributed by atoms with Gasteiger partial charge in [0, 0.05) is 6.20 Å². The lowest BCUT2D eigenvalue weighted by atomic mass is 10.1. The Hall–Kier alpha value is -3.10. The van der Waals surface area contributed by atoms with Crippen molar-refractivity contribution in [3.8, 4) is 0 Å². The Labute approximate surface area is 197 Å². The summed E-state index contributed by atoms with van der Waals surface area (Å²) in [5, 5.41) is 0.631. The van der Waals surface area contributed by atoms with Crippen molar-refractivity contribution in [2.45, 2.75) is 38.1 Å². The van der Waals surface area contributed by atoms with Crippen LogP contribution >= 0.6 is 11.3 Å². The van der Waals surface area contributed by atoms with Crippen LogP contribution in [0.5, 0.6) is 0 Å². The second-order valence-corrected chi connectivity index (χ2v) is 10.9. The van der Waals surface area contributed by atoms with Crippen LogP contribution < -0.4 is 4.90 Å². The van der Waals surface area contributed by atoms with Crippen LogP contribution in [0.15, 0.2) is 71.8 Å². The van der Waals surface area contributed by atoms with Crippen LogP contribution in [0.1, 0.15) is 30.7 Å². The molecule has 0 aliphatic carbocycles. The lowest BCUT2D eigenvalue weighted by Gasteiger charge is -2.19. The van der Waals surface area contributed by atoms with Gasteiger partial charge in [-0.15, -0.1) is 0 Å². The van der Waals surface area contributed by atoms with E-state index in [9.17, 15) is 13.2 Å². The van der Waals surface area contributed by atoms with Crippen LogP contribution in [0.3, 0.4) is 0 Å². The summed E-state index contributed by atoms with van der Waals surface area (Å²) in [4.78, 5) is 24.6. The molecule has 0 aliphatic rings. The van der Waals surface area contributed by atoms with Crippen molar-refractivity contribution >= 4 is 42.4 Å². The Morgan fingerprint density at radius 1 is 1.00 bits per heavy atom. The number of carbonyl (C=O) groups excluding carboxylic acids is 1. The maximum atomic E-state index is 13.4. The number of aryl methyl sites for hydroxylation is 1. The van der Waals surface area contributed by atoms with E-state index >= 15 is 0 Å². The van der Waals surface area contributed by atoms with Gasteiger partial charge in [0.25, 0.3) is 0 Å². The van der Waals surface area contributed by atoms with Crippen LogP contribution in [-0.2, 0) is 34.0 Å². The van der Waals surface area contributed by atoms with E-state index in [1.165, 1.54) is 11.3 Å². The fourth-order valence-corrected chi connectivity index (χ4v) is 5.48. The van der Waals surface area contributed by atoms with E-state index < -0.39 is 9.84 Å². The highest BCUT2D eigenvalue weighted by molar-refractivity contribution is 7.91. The zero-order valence-corrected chi connectivity index (χ0v) is 20.2. The minimum absolute atomic E-state index is 0.0421. The number of sulfone groups is 1. The Bertz CT molecular complexity index is 1370. The summed E-state index contributed by atoms with van der Waals surface area (Å²) in [5.41, 5.74) is 3.59. The zero-order valence-electron chi connectivity index (χ0n) is 18.6. The number of fused-ring (bicyclic) bond motifs is 1. The van der Waals surface area contributed by atoms with Crippen molar-refractivity contribution in [3.05, 3.63) is 83.7 Å². The predicted octanol–water partition coefficient (Wildman–Crippen LogP) is 4.82. The van der Waals surface area contributed by atoms with Gasteiger partial charge >= 0.3 is 0 Å². The van der Waals surface area contributed by atoms with Crippen molar-refractivity contribution in [1.82, 2.24) is 9.97 Å². The lowest BCUT2D eigenvalue weighted by molar-refractivity contribution is -0.118. The van der Waals surface area contributed by atoms with E-state index in [1.807, 2.05) is 30.3 Å². The number of amides is 1. The molecule has 0 bridgehead atoms. The van der Waals surface area contributed by atoms with Gasteiger partial charge in [-0.25, -0.2) is 13.4 Å². The molecule has 4 rings (SSSR count). The maximum Gasteiger partial charge on any atom is 0.233 e. The summed E-state index contributed by atoms with van der Waals surface area (Å²) in [5.74, 6) is -0.0793. The van der Waals surface area contributed by atoms with Crippen molar-refractivity contribution in [2.75, 3.05) is 10.7 Å². The average Bonchev–Trinajstić information content (AvgIpc) is 3.27. The van der Waals surface area contributed by atoms with Gasteiger partial charge in [-0.05, 0) is 47.9 Å². The quantitative estimate of drug-likeness (QED) is 0.362. The highest BCUT2D eigenvalue weighted by atomic mass is 32.2. The normalized spacial score (nSPS) is 11.6. The standard InChI is InChI=1S/C25H25N3O3S2/c1-3-19-8-7-10-22-24(19)27-25(32-22)28(17-20-9-5-6-15-26-20)23(29)16-18-11-13-21(14-12-18)33(30,31)4-2/h5-15H,3-4,16-17H2,1-2H3. The van der Waals surface area contributed by atoms with Crippen molar-refractivity contribution in [1.29, 1.82) is 0 Å². The number of para-hydroxylation sites is 1. The summed E-state index contributed by atoms with van der Waals surface area (Å²) < 4.78 is 25.2. The number of pyridine rings is 1. The van der Waals surface area contributed by atoms with Gasteiger partial charge in [-0.1, -0.05) is 55.5 Å². The third kappa shape index (κ3) is 5.12. The van der Waals surface area contributed by atoms with Crippen LogP contribution in [0.4, 0.5) is 5.13 Å². The molecule has 0 spiro atoms. The van der Waals surface area contributed by atoms with Gasteiger partial charge in [-0.3, -0.25) is 14.7 Å². The van der Waals surface area contributed by atoms with Crippen molar-refractivity contribution < 1.29 is 13.2 Å². The smallest absolute Gasteiger partial charge is 0.233 e. The fourth-order valence-electron chi connectivity index (χ4n) is 3.56. The Kier molecular flexibility index (Phi) is 6.85. The maximum absolute atomic E-state index is 13.4. The summed E-state index contributed by atoms with van der Waals surface area (Å²) in [6, 6.07) is 18.2. The van der Waals surface area contributed by atoms with E-state index in [0.717, 1.165) is 33.5 Å². The van der Waals surface area contributed by atoms with E-state index in [2.05, 4.69) is 18.0 Å². The highest BCUT2D eigenvalue weighted by Gasteiger charge is 2.22. The van der Waals surface area contributed by atoms with E-state index in [0.29, 0.717) is 11.7 Å². The summed E-state index contributed by atoms with van der Waals surface area (Å²) in [7, 11) is -3.28. The first-order valence-electron chi connectivity index (χ1n) is 10.8. The number of anilines is 1. The van der Waals surface area contributed by atoms with Crippen LogP contribution in [0, 0.1) is 0 Å². The zero-order chi connectivity index (χ0) is 23.4. The van der Waals surface area contributed by atoms with Gasteiger partial charge in [0.15, 0.2) is 15.0 Å². The molecule has 170 valence electrons. The minimum Gasteiger partial charge on any atom is -0.282 e. The molecule has 0 saturated carbocycles. The summed E-state index contributed by atoms with van der Waals surface area (Å²) in [6.07, 6.45) is 2.70. The lowest BCUT2D eigenvalue weighted by Crippen LogP contribution is -2.32. The number of thiazole rings is 1. The number of nitrogens with zero attached hydrogens (tertiary/aromatic N) is 3. The molecule has 0 fully saturated rings. The number of benzene rings is 2. The molecular formula is C25H25N3O3S2.